The summed E-state index contributed by atoms with van der Waals surface area (Å²) in [4.78, 5) is 11.0. The van der Waals surface area contributed by atoms with Gasteiger partial charge < -0.3 is 4.85 Å². The van der Waals surface area contributed by atoms with Crippen LogP contribution < -0.4 is 0 Å². The topological polar surface area (TPSA) is 34.5 Å². The summed E-state index contributed by atoms with van der Waals surface area (Å²) in [5.74, 6) is -0.769. The molecule has 110 valence electrons. The molecule has 0 saturated heterocycles. The van der Waals surface area contributed by atoms with Gasteiger partial charge in [0, 0.05) is 11.8 Å². The van der Waals surface area contributed by atoms with E-state index in [1.54, 1.807) is 0 Å². The van der Waals surface area contributed by atoms with E-state index in [4.69, 9.17) is 6.57 Å². The van der Waals surface area contributed by atoms with Gasteiger partial charge in [0.1, 0.15) is 0 Å². The predicted octanol–water partition coefficient (Wildman–Crippen LogP) is 4.10. The summed E-state index contributed by atoms with van der Waals surface area (Å²) in [7, 11) is 0. The second-order valence-corrected chi connectivity index (χ2v) is 4.41. The highest BCUT2D eigenvalue weighted by Gasteiger charge is 2.30. The molecule has 22 heavy (non-hydrogen) atoms. The summed E-state index contributed by atoms with van der Waals surface area (Å²) in [6, 6.07) is 4.23. The number of nitrogens with zero attached hydrogens (tertiary/aromatic N) is 4. The maximum absolute atomic E-state index is 13.6. The molecule has 0 aliphatic rings. The molecule has 0 bridgehead atoms. The Balaban J connectivity index is 2.20. The minimum absolute atomic E-state index is 0.0840. The third-order valence-electron chi connectivity index (χ3n) is 3.03. The van der Waals surface area contributed by atoms with Gasteiger partial charge in [-0.05, 0) is 24.3 Å². The molecule has 0 atom stereocenters. The second kappa shape index (κ2) is 4.80. The van der Waals surface area contributed by atoms with Gasteiger partial charge in [-0.15, -0.1) is 4.98 Å². The quantitative estimate of drug-likeness (QED) is 0.501. The van der Waals surface area contributed by atoms with Crippen LogP contribution in [0.25, 0.3) is 21.7 Å². The van der Waals surface area contributed by atoms with E-state index < -0.39 is 17.7 Å². The first-order chi connectivity index (χ1) is 10.4. The Labute approximate surface area is 121 Å². The Morgan fingerprint density at radius 1 is 1.14 bits per heavy atom. The van der Waals surface area contributed by atoms with Gasteiger partial charge in [-0.2, -0.15) is 17.6 Å². The summed E-state index contributed by atoms with van der Waals surface area (Å²) in [5, 5.41) is 0. The van der Waals surface area contributed by atoms with Crippen LogP contribution in [0.4, 0.5) is 23.4 Å². The number of hydrogen-bond donors (Lipinski definition) is 0. The van der Waals surface area contributed by atoms with Crippen LogP contribution in [0.2, 0.25) is 0 Å². The predicted molar refractivity (Wildman–Crippen MR) is 69.6 cm³/mol. The summed E-state index contributed by atoms with van der Waals surface area (Å²) in [5.41, 5.74) is -0.215. The number of hydrogen-bond acceptors (Lipinski definition) is 2. The first kappa shape index (κ1) is 14.0. The monoisotopic (exact) mass is 306 g/mol. The summed E-state index contributed by atoms with van der Waals surface area (Å²) < 4.78 is 52.4. The molecule has 0 amide bonds. The lowest BCUT2D eigenvalue weighted by molar-refractivity contribution is -0.137. The lowest BCUT2D eigenvalue weighted by Crippen LogP contribution is -2.04. The van der Waals surface area contributed by atoms with Crippen molar-refractivity contribution in [2.75, 3.05) is 0 Å². The first-order valence-electron chi connectivity index (χ1n) is 5.99. The third kappa shape index (κ3) is 2.26. The van der Waals surface area contributed by atoms with Crippen molar-refractivity contribution in [2.45, 2.75) is 6.18 Å². The van der Waals surface area contributed by atoms with Gasteiger partial charge in [0.25, 0.3) is 5.82 Å². The molecule has 1 aromatic carbocycles. The molecule has 0 N–H and O–H groups in total. The van der Waals surface area contributed by atoms with Crippen molar-refractivity contribution < 1.29 is 17.6 Å². The van der Waals surface area contributed by atoms with E-state index >= 15 is 0 Å². The van der Waals surface area contributed by atoms with Gasteiger partial charge in [-0.25, -0.2) is 4.98 Å². The SMILES string of the molecule is [C-]#[N+]c1cn2c(F)cnc2c(-c2ccc(C(F)(F)F)cc2)n1. The molecule has 4 nitrogen and oxygen atoms in total. The summed E-state index contributed by atoms with van der Waals surface area (Å²) >= 11 is 0. The van der Waals surface area contributed by atoms with E-state index in [9.17, 15) is 17.6 Å². The molecule has 0 radical (unpaired) electrons. The molecule has 0 spiro atoms. The minimum Gasteiger partial charge on any atom is -0.359 e. The maximum Gasteiger partial charge on any atom is 0.416 e. The summed E-state index contributed by atoms with van der Waals surface area (Å²) in [6.45, 7) is 6.98. The van der Waals surface area contributed by atoms with Gasteiger partial charge in [0.2, 0.25) is 11.6 Å². The fourth-order valence-electron chi connectivity index (χ4n) is 2.01. The van der Waals surface area contributed by atoms with Gasteiger partial charge in [0.05, 0.1) is 11.8 Å². The Bertz CT molecular complexity index is 888. The van der Waals surface area contributed by atoms with Crippen LogP contribution in [0.3, 0.4) is 0 Å². The standard InChI is InChI=1S/C14H6F4N4/c1-19-11-7-22-10(15)6-20-13(22)12(21-11)8-2-4-9(5-3-8)14(16,17)18/h2-7H. The number of imidazole rings is 1. The Morgan fingerprint density at radius 2 is 1.82 bits per heavy atom. The number of aromatic nitrogens is 3. The smallest absolute Gasteiger partial charge is 0.359 e. The largest absolute Gasteiger partial charge is 0.416 e. The maximum atomic E-state index is 13.6. The van der Waals surface area contributed by atoms with Crippen LogP contribution in [-0.4, -0.2) is 14.4 Å². The van der Waals surface area contributed by atoms with Crippen LogP contribution in [-0.2, 0) is 6.18 Å². The highest BCUT2D eigenvalue weighted by molar-refractivity contribution is 5.75. The van der Waals surface area contributed by atoms with Gasteiger partial charge in [-0.3, -0.25) is 4.40 Å². The molecule has 8 heteroatoms. The van der Waals surface area contributed by atoms with Gasteiger partial charge >= 0.3 is 6.18 Å². The van der Waals surface area contributed by atoms with Crippen LogP contribution in [0.1, 0.15) is 5.56 Å². The van der Waals surface area contributed by atoms with E-state index in [1.165, 1.54) is 18.3 Å². The number of alkyl halides is 3. The number of fused-ring (bicyclic) bond motifs is 1. The lowest BCUT2D eigenvalue weighted by atomic mass is 10.1. The molecule has 0 aliphatic carbocycles. The number of benzene rings is 1. The Hall–Kier alpha value is -2.95. The summed E-state index contributed by atoms with van der Waals surface area (Å²) in [6.07, 6.45) is -2.31. The van der Waals surface area contributed by atoms with Crippen LogP contribution in [0, 0.1) is 12.5 Å². The molecule has 0 unspecified atom stereocenters. The van der Waals surface area contributed by atoms with Gasteiger partial charge in [-0.1, -0.05) is 6.57 Å². The van der Waals surface area contributed by atoms with Crippen molar-refractivity contribution >= 4 is 11.5 Å². The molecule has 2 heterocycles. The average molecular weight is 306 g/mol. The van der Waals surface area contributed by atoms with E-state index in [2.05, 4.69) is 14.8 Å². The highest BCUT2D eigenvalue weighted by atomic mass is 19.4. The third-order valence-corrected chi connectivity index (χ3v) is 3.03. The zero-order valence-corrected chi connectivity index (χ0v) is 10.8. The molecule has 0 fully saturated rings. The van der Waals surface area contributed by atoms with Gasteiger partial charge in [0.15, 0.2) is 5.65 Å². The molecular weight excluding hydrogens is 300 g/mol. The molecule has 0 saturated carbocycles. The molecule has 2 aromatic heterocycles. The first-order valence-corrected chi connectivity index (χ1v) is 5.99. The van der Waals surface area contributed by atoms with Crippen molar-refractivity contribution in [3.8, 4) is 11.3 Å². The molecule has 0 aliphatic heterocycles. The lowest BCUT2D eigenvalue weighted by Gasteiger charge is -2.07. The van der Waals surface area contributed by atoms with Crippen molar-refractivity contribution in [3.63, 3.8) is 0 Å². The highest BCUT2D eigenvalue weighted by Crippen LogP contribution is 2.32. The molecule has 3 aromatic rings. The number of rotatable bonds is 1. The molecule has 3 rings (SSSR count). The minimum atomic E-state index is -4.45. The zero-order valence-electron chi connectivity index (χ0n) is 10.8. The Kier molecular flexibility index (Phi) is 3.06. The van der Waals surface area contributed by atoms with Crippen LogP contribution in [0.15, 0.2) is 36.7 Å². The van der Waals surface area contributed by atoms with Crippen molar-refractivity contribution in [3.05, 3.63) is 59.6 Å². The van der Waals surface area contributed by atoms with E-state index in [0.717, 1.165) is 22.7 Å². The fourth-order valence-corrected chi connectivity index (χ4v) is 2.01. The van der Waals surface area contributed by atoms with Crippen molar-refractivity contribution in [2.24, 2.45) is 0 Å². The van der Waals surface area contributed by atoms with Crippen molar-refractivity contribution in [1.29, 1.82) is 0 Å². The average Bonchev–Trinajstić information content (AvgIpc) is 2.87. The number of halogens is 4. The van der Waals surface area contributed by atoms with Crippen molar-refractivity contribution in [1.82, 2.24) is 14.4 Å². The second-order valence-electron chi connectivity index (χ2n) is 4.41. The van der Waals surface area contributed by atoms with E-state index in [1.807, 2.05) is 0 Å². The molecular formula is C14H6F4N4. The fraction of sp³-hybridized carbons (Fsp3) is 0.0714. The van der Waals surface area contributed by atoms with Crippen LogP contribution in [0.5, 0.6) is 0 Å². The zero-order chi connectivity index (χ0) is 15.9. The van der Waals surface area contributed by atoms with E-state index in [0.29, 0.717) is 5.56 Å². The van der Waals surface area contributed by atoms with Crippen LogP contribution >= 0.6 is 0 Å². The normalized spacial score (nSPS) is 11.6. The Morgan fingerprint density at radius 3 is 2.41 bits per heavy atom. The van der Waals surface area contributed by atoms with E-state index in [-0.39, 0.29) is 17.2 Å².